The van der Waals surface area contributed by atoms with Gasteiger partial charge < -0.3 is 0 Å². The van der Waals surface area contributed by atoms with E-state index in [2.05, 4.69) is 48.6 Å². The number of unbranched alkanes of at least 4 members (excludes halogenated alkanes) is 10. The van der Waals surface area contributed by atoms with Gasteiger partial charge in [-0.05, 0) is 71.5 Å². The van der Waals surface area contributed by atoms with Crippen LogP contribution in [-0.2, 0) is 12.8 Å². The zero-order valence-electron chi connectivity index (χ0n) is 16.4. The lowest BCUT2D eigenvalue weighted by molar-refractivity contribution is 0.112. The molecule has 0 aromatic heterocycles. The fraction of sp³-hybridized carbons (Fsp3) is 0.696. The second-order valence-electron chi connectivity index (χ2n) is 7.30. The molecule has 0 unspecified atom stereocenters. The van der Waals surface area contributed by atoms with Crippen LogP contribution in [0.3, 0.4) is 0 Å². The molecule has 25 heavy (non-hydrogen) atoms. The average Bonchev–Trinajstić information content (AvgIpc) is 2.62. The van der Waals surface area contributed by atoms with Crippen molar-refractivity contribution in [3.8, 4) is 0 Å². The normalized spacial score (nSPS) is 11.0. The third kappa shape index (κ3) is 9.77. The lowest BCUT2D eigenvalue weighted by atomic mass is 9.97. The minimum atomic E-state index is 0.926. The average molecular weight is 456 g/mol. The molecular weight excluding hydrogens is 419 g/mol. The number of carbonyl (C=O) groups is 1. The van der Waals surface area contributed by atoms with Crippen molar-refractivity contribution >= 4 is 28.9 Å². The molecule has 0 atom stereocenters. The third-order valence-corrected chi connectivity index (χ3v) is 6.04. The Labute approximate surface area is 169 Å². The third-order valence-electron chi connectivity index (χ3n) is 5.03. The molecular formula is C23H37IO. The van der Waals surface area contributed by atoms with E-state index in [1.54, 1.807) is 0 Å². The summed E-state index contributed by atoms with van der Waals surface area (Å²) in [5.41, 5.74) is 3.54. The topological polar surface area (TPSA) is 17.1 Å². The van der Waals surface area contributed by atoms with Gasteiger partial charge in [0.15, 0.2) is 0 Å². The molecule has 0 aliphatic rings. The minimum Gasteiger partial charge on any atom is -0.298 e. The summed E-state index contributed by atoms with van der Waals surface area (Å²) in [4.78, 5) is 11.5. The van der Waals surface area contributed by atoms with E-state index < -0.39 is 0 Å². The van der Waals surface area contributed by atoms with Crippen LogP contribution in [0.25, 0.3) is 0 Å². The molecule has 1 aromatic rings. The second-order valence-corrected chi connectivity index (χ2v) is 8.46. The first-order valence-corrected chi connectivity index (χ1v) is 11.6. The van der Waals surface area contributed by atoms with Crippen molar-refractivity contribution in [1.29, 1.82) is 0 Å². The fourth-order valence-electron chi connectivity index (χ4n) is 3.39. The summed E-state index contributed by atoms with van der Waals surface area (Å²) < 4.78 is 1.35. The molecule has 1 aromatic carbocycles. The molecule has 0 amide bonds. The van der Waals surface area contributed by atoms with E-state index in [0.717, 1.165) is 24.7 Å². The molecule has 142 valence electrons. The van der Waals surface area contributed by atoms with E-state index in [1.807, 2.05) is 0 Å². The Kier molecular flexibility index (Phi) is 13.4. The van der Waals surface area contributed by atoms with Gasteiger partial charge in [0, 0.05) is 9.13 Å². The first-order valence-electron chi connectivity index (χ1n) is 10.5. The highest BCUT2D eigenvalue weighted by Crippen LogP contribution is 2.22. The van der Waals surface area contributed by atoms with Gasteiger partial charge in [-0.3, -0.25) is 4.79 Å². The van der Waals surface area contributed by atoms with Crippen LogP contribution in [0.2, 0.25) is 0 Å². The molecule has 0 spiro atoms. The number of aldehydes is 1. The standard InChI is InChI=1S/C23H37IO/c1-3-5-7-9-11-13-15-20-18-23(24)21(17-22(20)19-25)16-14-12-10-8-6-4-2/h17-19H,3-16H2,1-2H3. The predicted octanol–water partition coefficient (Wildman–Crippen LogP) is 7.91. The molecule has 0 N–H and O–H groups in total. The van der Waals surface area contributed by atoms with Crippen molar-refractivity contribution < 1.29 is 4.79 Å². The highest BCUT2D eigenvalue weighted by molar-refractivity contribution is 14.1. The Morgan fingerprint density at radius 1 is 0.720 bits per heavy atom. The molecule has 0 heterocycles. The van der Waals surface area contributed by atoms with Crippen molar-refractivity contribution in [2.75, 3.05) is 0 Å². The fourth-order valence-corrected chi connectivity index (χ4v) is 4.19. The molecule has 0 aliphatic carbocycles. The van der Waals surface area contributed by atoms with Gasteiger partial charge in [-0.2, -0.15) is 0 Å². The summed E-state index contributed by atoms with van der Waals surface area (Å²) in [6, 6.07) is 4.43. The number of aryl methyl sites for hydroxylation is 2. The maximum atomic E-state index is 11.5. The highest BCUT2D eigenvalue weighted by atomic mass is 127. The van der Waals surface area contributed by atoms with Crippen molar-refractivity contribution in [3.05, 3.63) is 32.4 Å². The number of carbonyl (C=O) groups excluding carboxylic acids is 1. The lowest BCUT2D eigenvalue weighted by Crippen LogP contribution is -1.99. The van der Waals surface area contributed by atoms with Gasteiger partial charge in [0.2, 0.25) is 0 Å². The Morgan fingerprint density at radius 3 is 1.72 bits per heavy atom. The Morgan fingerprint density at radius 2 is 1.20 bits per heavy atom. The van der Waals surface area contributed by atoms with Crippen LogP contribution in [0.4, 0.5) is 0 Å². The summed E-state index contributed by atoms with van der Waals surface area (Å²) in [7, 11) is 0. The van der Waals surface area contributed by atoms with Crippen LogP contribution in [0.5, 0.6) is 0 Å². The van der Waals surface area contributed by atoms with Crippen LogP contribution < -0.4 is 0 Å². The van der Waals surface area contributed by atoms with Crippen molar-refractivity contribution in [2.45, 2.75) is 104 Å². The molecule has 0 saturated carbocycles. The zero-order chi connectivity index (χ0) is 18.3. The van der Waals surface area contributed by atoms with Crippen LogP contribution in [0.15, 0.2) is 12.1 Å². The van der Waals surface area contributed by atoms with Crippen LogP contribution >= 0.6 is 22.6 Å². The van der Waals surface area contributed by atoms with Gasteiger partial charge in [-0.15, -0.1) is 0 Å². The number of hydrogen-bond donors (Lipinski definition) is 0. The summed E-state index contributed by atoms with van der Waals surface area (Å²) in [5, 5.41) is 0. The monoisotopic (exact) mass is 456 g/mol. The maximum Gasteiger partial charge on any atom is 0.150 e. The molecule has 2 heteroatoms. The first-order chi connectivity index (χ1) is 12.2. The van der Waals surface area contributed by atoms with Gasteiger partial charge in [-0.25, -0.2) is 0 Å². The summed E-state index contributed by atoms with van der Waals surface area (Å²) in [5.74, 6) is 0. The Balaban J connectivity index is 2.45. The van der Waals surface area contributed by atoms with Gasteiger partial charge >= 0.3 is 0 Å². The quantitative estimate of drug-likeness (QED) is 0.149. The highest BCUT2D eigenvalue weighted by Gasteiger charge is 2.08. The van der Waals surface area contributed by atoms with Crippen LogP contribution in [0, 0.1) is 3.57 Å². The van der Waals surface area contributed by atoms with E-state index in [4.69, 9.17) is 0 Å². The van der Waals surface area contributed by atoms with Gasteiger partial charge in [0.25, 0.3) is 0 Å². The molecule has 0 bridgehead atoms. The second kappa shape index (κ2) is 14.8. The number of rotatable bonds is 15. The van der Waals surface area contributed by atoms with Gasteiger partial charge in [-0.1, -0.05) is 78.1 Å². The molecule has 0 saturated heterocycles. The van der Waals surface area contributed by atoms with Gasteiger partial charge in [0.1, 0.15) is 6.29 Å². The predicted molar refractivity (Wildman–Crippen MR) is 119 cm³/mol. The Hall–Kier alpha value is -0.380. The van der Waals surface area contributed by atoms with Gasteiger partial charge in [0.05, 0.1) is 0 Å². The zero-order valence-corrected chi connectivity index (χ0v) is 18.6. The summed E-state index contributed by atoms with van der Waals surface area (Å²) in [6.45, 7) is 4.52. The van der Waals surface area contributed by atoms with E-state index in [1.165, 1.54) is 91.7 Å². The van der Waals surface area contributed by atoms with E-state index >= 15 is 0 Å². The number of halogens is 1. The molecule has 0 fully saturated rings. The number of hydrogen-bond acceptors (Lipinski definition) is 1. The van der Waals surface area contributed by atoms with E-state index in [-0.39, 0.29) is 0 Å². The van der Waals surface area contributed by atoms with E-state index in [9.17, 15) is 4.79 Å². The smallest absolute Gasteiger partial charge is 0.150 e. The summed E-state index contributed by atoms with van der Waals surface area (Å²) >= 11 is 2.46. The number of benzene rings is 1. The molecule has 0 aliphatic heterocycles. The van der Waals surface area contributed by atoms with E-state index in [0.29, 0.717) is 0 Å². The van der Waals surface area contributed by atoms with Crippen molar-refractivity contribution in [2.24, 2.45) is 0 Å². The SMILES string of the molecule is CCCCCCCCc1cc(C=O)c(CCCCCCCC)cc1I. The molecule has 0 radical (unpaired) electrons. The van der Waals surface area contributed by atoms with Crippen LogP contribution in [-0.4, -0.2) is 6.29 Å². The lowest BCUT2D eigenvalue weighted by Gasteiger charge is -2.11. The summed E-state index contributed by atoms with van der Waals surface area (Å²) in [6.07, 6.45) is 19.0. The van der Waals surface area contributed by atoms with Crippen LogP contribution in [0.1, 0.15) is 112 Å². The van der Waals surface area contributed by atoms with Crippen molar-refractivity contribution in [3.63, 3.8) is 0 Å². The maximum absolute atomic E-state index is 11.5. The minimum absolute atomic E-state index is 0.926. The molecule has 1 nitrogen and oxygen atoms in total. The first kappa shape index (κ1) is 22.7. The van der Waals surface area contributed by atoms with Crippen molar-refractivity contribution in [1.82, 2.24) is 0 Å². The largest absolute Gasteiger partial charge is 0.298 e. The Bertz CT molecular complexity index is 481. The molecule has 1 rings (SSSR count).